The number of hydrazine groups is 1. The van der Waals surface area contributed by atoms with Gasteiger partial charge in [0.2, 0.25) is 0 Å². The van der Waals surface area contributed by atoms with Gasteiger partial charge in [-0.25, -0.2) is 10.2 Å². The zero-order valence-corrected chi connectivity index (χ0v) is 10.8. The molecule has 0 spiro atoms. The van der Waals surface area contributed by atoms with Crippen LogP contribution >= 0.6 is 0 Å². The quantitative estimate of drug-likeness (QED) is 0.302. The minimum absolute atomic E-state index is 0.202. The molecule has 0 heterocycles. The molecule has 0 saturated carbocycles. The molecule has 0 aliphatic rings. The van der Waals surface area contributed by atoms with Crippen molar-refractivity contribution in [2.75, 3.05) is 59.8 Å². The standard InChI is InChI=1S/C10H23N3O5/c1-12-13-10(14)18-9-8-17-7-6-16-5-4-15-3-2-11/h12H,2-9,11H2,1H3,(H,13,14). The van der Waals surface area contributed by atoms with Crippen LogP contribution in [0.4, 0.5) is 4.79 Å². The highest BCUT2D eigenvalue weighted by Gasteiger charge is 1.98. The molecule has 0 unspecified atom stereocenters. The Morgan fingerprint density at radius 1 is 0.944 bits per heavy atom. The summed E-state index contributed by atoms with van der Waals surface area (Å²) in [6.45, 7) is 3.59. The highest BCUT2D eigenvalue weighted by Crippen LogP contribution is 1.82. The van der Waals surface area contributed by atoms with Crippen LogP contribution in [0.3, 0.4) is 0 Å². The lowest BCUT2D eigenvalue weighted by molar-refractivity contribution is 0.00660. The minimum atomic E-state index is -0.533. The van der Waals surface area contributed by atoms with Gasteiger partial charge in [-0.3, -0.25) is 5.43 Å². The molecule has 0 aromatic rings. The number of hydrogen-bond acceptors (Lipinski definition) is 7. The van der Waals surface area contributed by atoms with Crippen LogP contribution in [0.25, 0.3) is 0 Å². The van der Waals surface area contributed by atoms with Gasteiger partial charge in [0.25, 0.3) is 0 Å². The van der Waals surface area contributed by atoms with E-state index < -0.39 is 6.09 Å². The molecule has 0 aromatic carbocycles. The van der Waals surface area contributed by atoms with Crippen LogP contribution in [-0.4, -0.2) is 65.9 Å². The predicted molar refractivity (Wildman–Crippen MR) is 65.1 cm³/mol. The van der Waals surface area contributed by atoms with Gasteiger partial charge >= 0.3 is 6.09 Å². The number of amides is 1. The molecule has 0 rings (SSSR count). The monoisotopic (exact) mass is 265 g/mol. The van der Waals surface area contributed by atoms with Crippen LogP contribution in [0.1, 0.15) is 0 Å². The highest BCUT2D eigenvalue weighted by atomic mass is 16.6. The van der Waals surface area contributed by atoms with Gasteiger partial charge in [-0.15, -0.1) is 0 Å². The van der Waals surface area contributed by atoms with Gasteiger partial charge in [0.15, 0.2) is 0 Å². The molecular weight excluding hydrogens is 242 g/mol. The van der Waals surface area contributed by atoms with Crippen LogP contribution in [0.2, 0.25) is 0 Å². The summed E-state index contributed by atoms with van der Waals surface area (Å²) >= 11 is 0. The van der Waals surface area contributed by atoms with E-state index in [2.05, 4.69) is 10.9 Å². The van der Waals surface area contributed by atoms with E-state index in [9.17, 15) is 4.79 Å². The number of nitrogens with one attached hydrogen (secondary N) is 2. The Morgan fingerprint density at radius 2 is 1.44 bits per heavy atom. The van der Waals surface area contributed by atoms with Crippen LogP contribution in [0.5, 0.6) is 0 Å². The smallest absolute Gasteiger partial charge is 0.421 e. The van der Waals surface area contributed by atoms with Crippen molar-refractivity contribution >= 4 is 6.09 Å². The normalized spacial score (nSPS) is 10.3. The van der Waals surface area contributed by atoms with E-state index in [1.54, 1.807) is 7.05 Å². The van der Waals surface area contributed by atoms with Crippen molar-refractivity contribution < 1.29 is 23.7 Å². The molecule has 8 nitrogen and oxygen atoms in total. The number of nitrogens with two attached hydrogens (primary N) is 1. The minimum Gasteiger partial charge on any atom is -0.446 e. The Hall–Kier alpha value is -0.930. The molecule has 0 saturated heterocycles. The molecule has 0 aliphatic carbocycles. The summed E-state index contributed by atoms with van der Waals surface area (Å²) in [6, 6.07) is 0. The Bertz CT molecular complexity index is 194. The second kappa shape index (κ2) is 14.1. The fraction of sp³-hybridized carbons (Fsp3) is 0.900. The summed E-state index contributed by atoms with van der Waals surface area (Å²) in [5.41, 5.74) is 9.97. The molecule has 0 atom stereocenters. The summed E-state index contributed by atoms with van der Waals surface area (Å²) in [5.74, 6) is 0. The predicted octanol–water partition coefficient (Wildman–Crippen LogP) is -1.14. The van der Waals surface area contributed by atoms with Crippen LogP contribution in [-0.2, 0) is 18.9 Å². The largest absolute Gasteiger partial charge is 0.446 e. The molecule has 0 radical (unpaired) electrons. The van der Waals surface area contributed by atoms with E-state index in [1.807, 2.05) is 0 Å². The van der Waals surface area contributed by atoms with E-state index >= 15 is 0 Å². The lowest BCUT2D eigenvalue weighted by Gasteiger charge is -2.07. The van der Waals surface area contributed by atoms with Crippen LogP contribution < -0.4 is 16.6 Å². The first kappa shape index (κ1) is 17.1. The van der Waals surface area contributed by atoms with Gasteiger partial charge in [0.1, 0.15) is 6.61 Å². The summed E-state index contributed by atoms with van der Waals surface area (Å²) < 4.78 is 20.3. The van der Waals surface area contributed by atoms with Gasteiger partial charge in [-0.05, 0) is 0 Å². The lowest BCUT2D eigenvalue weighted by atomic mass is 10.7. The topological polar surface area (TPSA) is 104 Å². The Balaban J connectivity index is 3.01. The van der Waals surface area contributed by atoms with E-state index in [-0.39, 0.29) is 6.61 Å². The first-order chi connectivity index (χ1) is 8.81. The third kappa shape index (κ3) is 13.1. The summed E-state index contributed by atoms with van der Waals surface area (Å²) in [6.07, 6.45) is -0.533. The lowest BCUT2D eigenvalue weighted by Crippen LogP contribution is -2.35. The highest BCUT2D eigenvalue weighted by molar-refractivity contribution is 5.66. The zero-order chi connectivity index (χ0) is 13.5. The number of ether oxygens (including phenoxy) is 4. The van der Waals surface area contributed by atoms with Gasteiger partial charge in [0.05, 0.1) is 39.6 Å². The maximum absolute atomic E-state index is 10.8. The van der Waals surface area contributed by atoms with Crippen molar-refractivity contribution in [3.05, 3.63) is 0 Å². The van der Waals surface area contributed by atoms with Crippen molar-refractivity contribution in [2.45, 2.75) is 0 Å². The molecule has 1 amide bonds. The number of carbonyl (C=O) groups is 1. The molecule has 0 aliphatic heterocycles. The van der Waals surface area contributed by atoms with E-state index in [0.29, 0.717) is 46.2 Å². The average molecular weight is 265 g/mol. The van der Waals surface area contributed by atoms with Crippen molar-refractivity contribution in [1.82, 2.24) is 10.9 Å². The van der Waals surface area contributed by atoms with Gasteiger partial charge in [-0.2, -0.15) is 0 Å². The van der Waals surface area contributed by atoms with Crippen molar-refractivity contribution in [2.24, 2.45) is 5.73 Å². The molecule has 0 fully saturated rings. The SMILES string of the molecule is CNNC(=O)OCCOCCOCCOCCN. The third-order valence-corrected chi connectivity index (χ3v) is 1.69. The number of rotatable bonds is 12. The van der Waals surface area contributed by atoms with Crippen molar-refractivity contribution in [3.63, 3.8) is 0 Å². The summed E-state index contributed by atoms with van der Waals surface area (Å²) in [4.78, 5) is 10.8. The van der Waals surface area contributed by atoms with E-state index in [1.165, 1.54) is 0 Å². The molecule has 108 valence electrons. The van der Waals surface area contributed by atoms with Gasteiger partial charge in [-0.1, -0.05) is 0 Å². The maximum Gasteiger partial charge on any atom is 0.421 e. The Kier molecular flexibility index (Phi) is 13.4. The van der Waals surface area contributed by atoms with E-state index in [4.69, 9.17) is 24.7 Å². The fourth-order valence-corrected chi connectivity index (χ4v) is 0.957. The first-order valence-corrected chi connectivity index (χ1v) is 5.84. The summed E-state index contributed by atoms with van der Waals surface area (Å²) in [7, 11) is 1.58. The second-order valence-electron chi connectivity index (χ2n) is 3.14. The second-order valence-corrected chi connectivity index (χ2v) is 3.14. The molecule has 18 heavy (non-hydrogen) atoms. The first-order valence-electron chi connectivity index (χ1n) is 5.84. The molecule has 8 heteroatoms. The number of hydrogen-bond donors (Lipinski definition) is 3. The molecule has 0 aromatic heterocycles. The van der Waals surface area contributed by atoms with Crippen molar-refractivity contribution in [1.29, 1.82) is 0 Å². The Labute approximate surface area is 107 Å². The van der Waals surface area contributed by atoms with Gasteiger partial charge in [0, 0.05) is 13.6 Å². The van der Waals surface area contributed by atoms with Crippen LogP contribution in [0.15, 0.2) is 0 Å². The molecule has 4 N–H and O–H groups in total. The Morgan fingerprint density at radius 3 is 1.94 bits per heavy atom. The third-order valence-electron chi connectivity index (χ3n) is 1.69. The van der Waals surface area contributed by atoms with E-state index in [0.717, 1.165) is 0 Å². The molecule has 0 bridgehead atoms. The van der Waals surface area contributed by atoms with Gasteiger partial charge < -0.3 is 24.7 Å². The number of carbonyl (C=O) groups excluding carboxylic acids is 1. The summed E-state index contributed by atoms with van der Waals surface area (Å²) in [5, 5.41) is 0. The molecular formula is C10H23N3O5. The fourth-order valence-electron chi connectivity index (χ4n) is 0.957. The van der Waals surface area contributed by atoms with Crippen molar-refractivity contribution in [3.8, 4) is 0 Å². The average Bonchev–Trinajstić information content (AvgIpc) is 2.36. The van der Waals surface area contributed by atoms with Crippen LogP contribution in [0, 0.1) is 0 Å². The maximum atomic E-state index is 10.8. The zero-order valence-electron chi connectivity index (χ0n) is 10.8.